The minimum absolute atomic E-state index is 0.203. The maximum absolute atomic E-state index is 11.5. The zero-order chi connectivity index (χ0) is 18.4. The summed E-state index contributed by atoms with van der Waals surface area (Å²) in [5, 5.41) is 0. The van der Waals surface area contributed by atoms with Crippen LogP contribution in [0.2, 0.25) is 0 Å². The number of allylic oxidation sites excluding steroid dienone is 5. The van der Waals surface area contributed by atoms with E-state index in [0.29, 0.717) is 6.42 Å². The summed E-state index contributed by atoms with van der Waals surface area (Å²) in [6.07, 6.45) is 16.3. The molecular formula is C23H38O. The van der Waals surface area contributed by atoms with Gasteiger partial charge in [0.25, 0.3) is 0 Å². The molecule has 1 saturated carbocycles. The third-order valence-electron chi connectivity index (χ3n) is 4.74. The van der Waals surface area contributed by atoms with E-state index in [4.69, 9.17) is 0 Å². The van der Waals surface area contributed by atoms with Crippen LogP contribution in [0.3, 0.4) is 0 Å². The first-order chi connectivity index (χ1) is 11.6. The molecule has 0 aromatic carbocycles. The van der Waals surface area contributed by atoms with Gasteiger partial charge in [0.05, 0.1) is 0 Å². The Labute approximate surface area is 150 Å². The van der Waals surface area contributed by atoms with Gasteiger partial charge in [0.1, 0.15) is 0 Å². The molecule has 0 aromatic heterocycles. The lowest BCUT2D eigenvalue weighted by Crippen LogP contribution is -2.04. The van der Waals surface area contributed by atoms with E-state index in [0.717, 1.165) is 29.4 Å². The van der Waals surface area contributed by atoms with E-state index in [9.17, 15) is 4.79 Å². The molecule has 0 bridgehead atoms. The van der Waals surface area contributed by atoms with Crippen LogP contribution in [0, 0.1) is 11.8 Å². The van der Waals surface area contributed by atoms with Crippen LogP contribution in [-0.2, 0) is 4.79 Å². The second-order valence-corrected chi connectivity index (χ2v) is 6.43. The lowest BCUT2D eigenvalue weighted by molar-refractivity contribution is -0.115. The van der Waals surface area contributed by atoms with Gasteiger partial charge in [-0.3, -0.25) is 4.79 Å². The molecule has 1 nitrogen and oxygen atoms in total. The molecule has 2 aliphatic rings. The Morgan fingerprint density at radius 1 is 1.04 bits per heavy atom. The Balaban J connectivity index is 0.000000420. The Morgan fingerprint density at radius 3 is 2.12 bits per heavy atom. The number of ketones is 1. The number of rotatable bonds is 5. The molecule has 2 aliphatic carbocycles. The average molecular weight is 331 g/mol. The molecule has 0 amide bonds. The Bertz CT molecular complexity index is 462. The van der Waals surface area contributed by atoms with Gasteiger partial charge in [0.15, 0.2) is 5.78 Å². The van der Waals surface area contributed by atoms with Gasteiger partial charge in [0, 0.05) is 12.0 Å². The topological polar surface area (TPSA) is 17.1 Å². The van der Waals surface area contributed by atoms with Crippen LogP contribution < -0.4 is 0 Å². The number of carbonyl (C=O) groups is 1. The number of hydrogen-bond donors (Lipinski definition) is 0. The molecule has 1 fully saturated rings. The van der Waals surface area contributed by atoms with Crippen molar-refractivity contribution in [3.63, 3.8) is 0 Å². The largest absolute Gasteiger partial charge is 0.294 e. The van der Waals surface area contributed by atoms with Gasteiger partial charge in [0.2, 0.25) is 0 Å². The summed E-state index contributed by atoms with van der Waals surface area (Å²) in [6.45, 7) is 12.7. The summed E-state index contributed by atoms with van der Waals surface area (Å²) >= 11 is 0. The third-order valence-corrected chi connectivity index (χ3v) is 4.74. The fraction of sp³-hybridized carbons (Fsp3) is 0.652. The highest BCUT2D eigenvalue weighted by Gasteiger charge is 2.23. The zero-order valence-corrected chi connectivity index (χ0v) is 16.8. The van der Waals surface area contributed by atoms with Gasteiger partial charge >= 0.3 is 0 Å². The molecule has 0 heterocycles. The second-order valence-electron chi connectivity index (χ2n) is 6.43. The van der Waals surface area contributed by atoms with Crippen LogP contribution in [0.1, 0.15) is 86.5 Å². The van der Waals surface area contributed by atoms with Crippen molar-refractivity contribution >= 4 is 5.78 Å². The van der Waals surface area contributed by atoms with Crippen molar-refractivity contribution in [1.29, 1.82) is 0 Å². The molecule has 24 heavy (non-hydrogen) atoms. The normalized spacial score (nSPS) is 21.6. The Hall–Kier alpha value is -1.33. The van der Waals surface area contributed by atoms with Crippen molar-refractivity contribution in [3.05, 3.63) is 41.2 Å². The molecule has 2 atom stereocenters. The maximum atomic E-state index is 11.5. The molecule has 0 N–H and O–H groups in total. The molecule has 2 unspecified atom stereocenters. The number of Topliss-reactive ketones (excluding diaryl/α,β-unsaturated/α-hetero) is 1. The summed E-state index contributed by atoms with van der Waals surface area (Å²) in [4.78, 5) is 11.5. The Morgan fingerprint density at radius 2 is 1.62 bits per heavy atom. The van der Waals surface area contributed by atoms with Crippen molar-refractivity contribution in [2.75, 3.05) is 0 Å². The minimum atomic E-state index is 0.203. The molecule has 1 heteroatoms. The van der Waals surface area contributed by atoms with E-state index >= 15 is 0 Å². The molecule has 0 saturated heterocycles. The van der Waals surface area contributed by atoms with Crippen molar-refractivity contribution < 1.29 is 4.79 Å². The van der Waals surface area contributed by atoms with E-state index in [-0.39, 0.29) is 5.78 Å². The Kier molecular flexibility index (Phi) is 13.3. The molecule has 136 valence electrons. The average Bonchev–Trinajstić information content (AvgIpc) is 2.97. The monoisotopic (exact) mass is 330 g/mol. The van der Waals surface area contributed by atoms with E-state index in [1.807, 2.05) is 45.9 Å². The van der Waals surface area contributed by atoms with Gasteiger partial charge < -0.3 is 0 Å². The first-order valence-electron chi connectivity index (χ1n) is 9.96. The van der Waals surface area contributed by atoms with Gasteiger partial charge in [-0.1, -0.05) is 78.9 Å². The quantitative estimate of drug-likeness (QED) is 0.487. The van der Waals surface area contributed by atoms with E-state index < -0.39 is 0 Å². The van der Waals surface area contributed by atoms with Crippen LogP contribution >= 0.6 is 0 Å². The highest BCUT2D eigenvalue weighted by atomic mass is 16.1. The first kappa shape index (κ1) is 22.7. The predicted octanol–water partition coefficient (Wildman–Crippen LogP) is 7.20. The maximum Gasteiger partial charge on any atom is 0.163 e. The van der Waals surface area contributed by atoms with E-state index in [1.54, 1.807) is 6.08 Å². The van der Waals surface area contributed by atoms with Crippen molar-refractivity contribution in [2.45, 2.75) is 86.5 Å². The molecule has 0 aromatic rings. The van der Waals surface area contributed by atoms with Crippen molar-refractivity contribution in [3.8, 4) is 0 Å². The molecular weight excluding hydrogens is 292 g/mol. The summed E-state index contributed by atoms with van der Waals surface area (Å²) in [7, 11) is 0. The van der Waals surface area contributed by atoms with Crippen molar-refractivity contribution in [2.24, 2.45) is 11.8 Å². The van der Waals surface area contributed by atoms with Crippen LogP contribution in [-0.4, -0.2) is 5.78 Å². The van der Waals surface area contributed by atoms with Crippen LogP contribution in [0.15, 0.2) is 41.2 Å². The summed E-state index contributed by atoms with van der Waals surface area (Å²) in [5.74, 6) is 2.36. The minimum Gasteiger partial charge on any atom is -0.294 e. The lowest BCUT2D eigenvalue weighted by Gasteiger charge is -2.14. The van der Waals surface area contributed by atoms with Crippen LogP contribution in [0.4, 0.5) is 0 Å². The van der Waals surface area contributed by atoms with Crippen molar-refractivity contribution in [1.82, 2.24) is 0 Å². The summed E-state index contributed by atoms with van der Waals surface area (Å²) in [6, 6.07) is 0. The third kappa shape index (κ3) is 8.50. The predicted molar refractivity (Wildman–Crippen MR) is 107 cm³/mol. The zero-order valence-electron chi connectivity index (χ0n) is 16.8. The first-order valence-corrected chi connectivity index (χ1v) is 9.96. The summed E-state index contributed by atoms with van der Waals surface area (Å²) < 4.78 is 0. The van der Waals surface area contributed by atoms with E-state index in [1.165, 1.54) is 32.1 Å². The van der Waals surface area contributed by atoms with Gasteiger partial charge in [-0.15, -0.1) is 5.73 Å². The molecule has 0 spiro atoms. The van der Waals surface area contributed by atoms with Gasteiger partial charge in [-0.25, -0.2) is 0 Å². The smallest absolute Gasteiger partial charge is 0.163 e. The lowest BCUT2D eigenvalue weighted by atomic mass is 9.92. The molecule has 0 aliphatic heterocycles. The van der Waals surface area contributed by atoms with Gasteiger partial charge in [-0.05, 0) is 42.9 Å². The standard InChI is InChI=1S/C12H14O.C9H18.C2H6/c1-3-5-12(13)11-7-4-6-10(2)8-9-11;1-3-8-6-5-7-9(8)4-2;1-2/h6-9H,3,5H2,1-2H3;8-9H,3-7H2,1-2H3;1-2H3. The van der Waals surface area contributed by atoms with Gasteiger partial charge in [-0.2, -0.15) is 0 Å². The van der Waals surface area contributed by atoms with Crippen LogP contribution in [0.25, 0.3) is 0 Å². The highest BCUT2D eigenvalue weighted by Crippen LogP contribution is 2.35. The van der Waals surface area contributed by atoms with Crippen LogP contribution in [0.5, 0.6) is 0 Å². The SMILES string of the molecule is CC.CCC1CCCC1CC.CCCC(=O)C1=CC=C(C)C=C=C1. The van der Waals surface area contributed by atoms with E-state index in [2.05, 4.69) is 19.6 Å². The molecule has 0 radical (unpaired) electrons. The highest BCUT2D eigenvalue weighted by molar-refractivity contribution is 5.98. The fourth-order valence-corrected chi connectivity index (χ4v) is 3.31. The second kappa shape index (κ2) is 14.1. The number of hydrogen-bond acceptors (Lipinski definition) is 1. The number of carbonyl (C=O) groups excluding carboxylic acids is 1. The molecule has 2 rings (SSSR count). The fourth-order valence-electron chi connectivity index (χ4n) is 3.31. The summed E-state index contributed by atoms with van der Waals surface area (Å²) in [5.41, 5.74) is 4.86.